The average Bonchev–Trinajstić information content (AvgIpc) is 2.43. The maximum atomic E-state index is 13.2. The van der Waals surface area contributed by atoms with Gasteiger partial charge in [0.25, 0.3) is 0 Å². The third kappa shape index (κ3) is 3.56. The van der Waals surface area contributed by atoms with E-state index in [9.17, 15) is 9.18 Å². The molecule has 1 aliphatic carbocycles. The van der Waals surface area contributed by atoms with Crippen molar-refractivity contribution in [1.29, 1.82) is 0 Å². The second-order valence-electron chi connectivity index (χ2n) is 4.95. The summed E-state index contributed by atoms with van der Waals surface area (Å²) in [6.45, 7) is 2.21. The van der Waals surface area contributed by atoms with Gasteiger partial charge in [0.1, 0.15) is 0 Å². The van der Waals surface area contributed by atoms with Gasteiger partial charge in [-0.1, -0.05) is 6.08 Å². The number of hydrogen-bond donors (Lipinski definition) is 1. The van der Waals surface area contributed by atoms with Crippen molar-refractivity contribution in [1.82, 2.24) is 4.98 Å². The fourth-order valence-electron chi connectivity index (χ4n) is 2.45. The number of aromatic nitrogens is 1. The number of carbonyl (C=O) groups is 1. The van der Waals surface area contributed by atoms with Crippen molar-refractivity contribution < 1.29 is 13.9 Å². The van der Waals surface area contributed by atoms with Gasteiger partial charge in [-0.15, -0.1) is 0 Å². The molecule has 0 amide bonds. The minimum absolute atomic E-state index is 0.155. The number of carbonyl (C=O) groups excluding carboxylic acids is 1. The van der Waals surface area contributed by atoms with Crippen LogP contribution in [0.2, 0.25) is 0 Å². The summed E-state index contributed by atoms with van der Waals surface area (Å²) in [5, 5.41) is 0. The molecule has 1 unspecified atom stereocenters. The topological polar surface area (TPSA) is 65.2 Å². The fraction of sp³-hybridized carbons (Fsp3) is 0.467. The molecule has 5 heteroatoms. The Kier molecular flexibility index (Phi) is 4.71. The van der Waals surface area contributed by atoms with Crippen LogP contribution in [0, 0.1) is 11.9 Å². The summed E-state index contributed by atoms with van der Waals surface area (Å²) in [6, 6.07) is 2.79. The molecule has 0 spiro atoms. The van der Waals surface area contributed by atoms with Crippen molar-refractivity contribution in [3.05, 3.63) is 29.9 Å². The third-order valence-corrected chi connectivity index (χ3v) is 3.48. The first kappa shape index (κ1) is 14.5. The van der Waals surface area contributed by atoms with Crippen molar-refractivity contribution in [2.24, 2.45) is 5.92 Å². The first-order valence-electron chi connectivity index (χ1n) is 6.87. The molecule has 20 heavy (non-hydrogen) atoms. The quantitative estimate of drug-likeness (QED) is 0.679. The molecule has 4 nitrogen and oxygen atoms in total. The van der Waals surface area contributed by atoms with Crippen molar-refractivity contribution in [3.8, 4) is 0 Å². The predicted molar refractivity (Wildman–Crippen MR) is 75.2 cm³/mol. The lowest BCUT2D eigenvalue weighted by atomic mass is 9.86. The molecule has 0 fully saturated rings. The average molecular weight is 278 g/mol. The van der Waals surface area contributed by atoms with E-state index < -0.39 is 5.95 Å². The Morgan fingerprint density at radius 2 is 2.35 bits per heavy atom. The van der Waals surface area contributed by atoms with Crippen LogP contribution >= 0.6 is 0 Å². The highest BCUT2D eigenvalue weighted by molar-refractivity contribution is 5.73. The standard InChI is InChI=1S/C15H19FN2O2/c1-2-20-14(19)9-10-3-5-11(6-4-10)15-12(17)7-8-13(16)18-15/h5,7-8,10H,2-4,6,9,17H2,1H3. The molecule has 2 N–H and O–H groups in total. The lowest BCUT2D eigenvalue weighted by Crippen LogP contribution is -2.14. The normalized spacial score (nSPS) is 18.5. The second-order valence-corrected chi connectivity index (χ2v) is 4.95. The fourth-order valence-corrected chi connectivity index (χ4v) is 2.45. The van der Waals surface area contributed by atoms with Crippen LogP contribution in [-0.4, -0.2) is 17.6 Å². The van der Waals surface area contributed by atoms with E-state index in [2.05, 4.69) is 4.98 Å². The summed E-state index contributed by atoms with van der Waals surface area (Å²) in [5.74, 6) is -0.394. The minimum Gasteiger partial charge on any atom is -0.466 e. The van der Waals surface area contributed by atoms with Crippen LogP contribution in [-0.2, 0) is 9.53 Å². The van der Waals surface area contributed by atoms with Crippen LogP contribution in [0.4, 0.5) is 10.1 Å². The summed E-state index contributed by atoms with van der Waals surface area (Å²) >= 11 is 0. The summed E-state index contributed by atoms with van der Waals surface area (Å²) in [6.07, 6.45) is 4.83. The van der Waals surface area contributed by atoms with Crippen LogP contribution in [0.15, 0.2) is 18.2 Å². The highest BCUT2D eigenvalue weighted by atomic mass is 19.1. The van der Waals surface area contributed by atoms with E-state index in [4.69, 9.17) is 10.5 Å². The maximum Gasteiger partial charge on any atom is 0.306 e. The van der Waals surface area contributed by atoms with E-state index in [1.165, 1.54) is 12.1 Å². The molecule has 0 bridgehead atoms. The number of rotatable bonds is 4. The number of anilines is 1. The van der Waals surface area contributed by atoms with Crippen LogP contribution in [0.1, 0.15) is 38.3 Å². The number of allylic oxidation sites excluding steroid dienone is 2. The molecule has 1 aromatic rings. The highest BCUT2D eigenvalue weighted by Crippen LogP contribution is 2.33. The number of pyridine rings is 1. The predicted octanol–water partition coefficient (Wildman–Crippen LogP) is 2.94. The lowest BCUT2D eigenvalue weighted by Gasteiger charge is -2.21. The van der Waals surface area contributed by atoms with Crippen molar-refractivity contribution in [2.45, 2.75) is 32.6 Å². The number of nitrogens with two attached hydrogens (primary N) is 1. The molecule has 1 aromatic heterocycles. The Morgan fingerprint density at radius 1 is 1.55 bits per heavy atom. The third-order valence-electron chi connectivity index (χ3n) is 3.48. The zero-order valence-corrected chi connectivity index (χ0v) is 11.6. The molecular weight excluding hydrogens is 259 g/mol. The summed E-state index contributed by atoms with van der Waals surface area (Å²) in [7, 11) is 0. The molecule has 2 rings (SSSR count). The molecule has 0 radical (unpaired) electrons. The first-order valence-corrected chi connectivity index (χ1v) is 6.87. The number of esters is 1. The van der Waals surface area contributed by atoms with Crippen LogP contribution < -0.4 is 5.73 Å². The van der Waals surface area contributed by atoms with Gasteiger partial charge in [0, 0.05) is 6.42 Å². The van der Waals surface area contributed by atoms with E-state index >= 15 is 0 Å². The zero-order chi connectivity index (χ0) is 14.5. The number of nitrogen functional groups attached to an aromatic ring is 1. The van der Waals surface area contributed by atoms with E-state index in [1.54, 1.807) is 6.92 Å². The molecule has 1 heterocycles. The first-order chi connectivity index (χ1) is 9.60. The van der Waals surface area contributed by atoms with Gasteiger partial charge in [0.15, 0.2) is 0 Å². The smallest absolute Gasteiger partial charge is 0.306 e. The van der Waals surface area contributed by atoms with Crippen LogP contribution in [0.5, 0.6) is 0 Å². The van der Waals surface area contributed by atoms with Crippen molar-refractivity contribution in [2.75, 3.05) is 12.3 Å². The van der Waals surface area contributed by atoms with Crippen LogP contribution in [0.3, 0.4) is 0 Å². The molecule has 0 saturated heterocycles. The van der Waals surface area contributed by atoms with Gasteiger partial charge in [-0.25, -0.2) is 4.98 Å². The molecular formula is C15H19FN2O2. The molecule has 0 aliphatic heterocycles. The maximum absolute atomic E-state index is 13.2. The largest absolute Gasteiger partial charge is 0.466 e. The Hall–Kier alpha value is -1.91. The van der Waals surface area contributed by atoms with Gasteiger partial charge in [-0.3, -0.25) is 4.79 Å². The zero-order valence-electron chi connectivity index (χ0n) is 11.6. The van der Waals surface area contributed by atoms with Crippen molar-refractivity contribution in [3.63, 3.8) is 0 Å². The van der Waals surface area contributed by atoms with Gasteiger partial charge in [0.05, 0.1) is 18.0 Å². The minimum atomic E-state index is -0.524. The van der Waals surface area contributed by atoms with E-state index in [1.807, 2.05) is 6.08 Å². The molecule has 0 saturated carbocycles. The van der Waals surface area contributed by atoms with Gasteiger partial charge in [-0.2, -0.15) is 4.39 Å². The summed E-state index contributed by atoms with van der Waals surface area (Å²) in [4.78, 5) is 15.3. The number of halogens is 1. The van der Waals surface area contributed by atoms with Gasteiger partial charge in [-0.05, 0) is 49.8 Å². The van der Waals surface area contributed by atoms with Crippen molar-refractivity contribution >= 4 is 17.2 Å². The second kappa shape index (κ2) is 6.50. The molecule has 1 atom stereocenters. The summed E-state index contributed by atoms with van der Waals surface area (Å²) in [5.41, 5.74) is 7.81. The number of hydrogen-bond acceptors (Lipinski definition) is 4. The van der Waals surface area contributed by atoms with Gasteiger partial charge < -0.3 is 10.5 Å². The number of nitrogens with zero attached hydrogens (tertiary/aromatic N) is 1. The van der Waals surface area contributed by atoms with E-state index in [-0.39, 0.29) is 11.9 Å². The Morgan fingerprint density at radius 3 is 3.00 bits per heavy atom. The van der Waals surface area contributed by atoms with Crippen LogP contribution in [0.25, 0.3) is 5.57 Å². The summed E-state index contributed by atoms with van der Waals surface area (Å²) < 4.78 is 18.1. The molecule has 0 aromatic carbocycles. The SMILES string of the molecule is CCOC(=O)CC1CC=C(c2nc(F)ccc2N)CC1. The lowest BCUT2D eigenvalue weighted by molar-refractivity contribution is -0.144. The molecule has 1 aliphatic rings. The monoisotopic (exact) mass is 278 g/mol. The van der Waals surface area contributed by atoms with E-state index in [0.29, 0.717) is 24.4 Å². The van der Waals surface area contributed by atoms with Gasteiger partial charge in [0.2, 0.25) is 5.95 Å². The van der Waals surface area contributed by atoms with E-state index in [0.717, 1.165) is 24.8 Å². The Bertz CT molecular complexity index is 529. The number of ether oxygens (including phenoxy) is 1. The highest BCUT2D eigenvalue weighted by Gasteiger charge is 2.20. The Labute approximate surface area is 117 Å². The van der Waals surface area contributed by atoms with Gasteiger partial charge >= 0.3 is 5.97 Å². The Balaban J connectivity index is 2.02. The molecule has 108 valence electrons.